The van der Waals surface area contributed by atoms with E-state index in [2.05, 4.69) is 10.6 Å². The van der Waals surface area contributed by atoms with Crippen molar-refractivity contribution < 1.29 is 15.0 Å². The average Bonchev–Trinajstić information content (AvgIpc) is 2.05. The maximum absolute atomic E-state index is 10.9. The van der Waals surface area contributed by atoms with Crippen LogP contribution in [0.25, 0.3) is 0 Å². The van der Waals surface area contributed by atoms with Crippen LogP contribution in [0, 0.1) is 0 Å². The quantitative estimate of drug-likeness (QED) is 0.445. The molecule has 0 saturated carbocycles. The highest BCUT2D eigenvalue weighted by Crippen LogP contribution is 1.99. The number of hydrogen-bond acceptors (Lipinski definition) is 3. The fraction of sp³-hybridized carbons (Fsp3) is 0.857. The largest absolute Gasteiger partial charge is 0.394 e. The Labute approximate surface area is 71.8 Å². The van der Waals surface area contributed by atoms with Gasteiger partial charge < -0.3 is 20.8 Å². The normalized spacial score (nSPS) is 11.0. The van der Waals surface area contributed by atoms with Crippen LogP contribution in [0.15, 0.2) is 0 Å². The minimum Gasteiger partial charge on any atom is -0.394 e. The Morgan fingerprint density at radius 3 is 2.25 bits per heavy atom. The first-order valence-electron chi connectivity index (χ1n) is 3.85. The number of amides is 2. The highest BCUT2D eigenvalue weighted by molar-refractivity contribution is 5.74. The molecule has 0 aromatic rings. The van der Waals surface area contributed by atoms with E-state index in [0.717, 1.165) is 0 Å². The fourth-order valence-electron chi connectivity index (χ4n) is 0.608. The third-order valence-corrected chi connectivity index (χ3v) is 1.45. The van der Waals surface area contributed by atoms with Crippen LogP contribution in [0.2, 0.25) is 0 Å². The molecule has 5 nitrogen and oxygen atoms in total. The summed E-state index contributed by atoms with van der Waals surface area (Å²) in [5.74, 6) is 0. The molecule has 4 N–H and O–H groups in total. The third-order valence-electron chi connectivity index (χ3n) is 1.45. The molecule has 0 aliphatic rings. The van der Waals surface area contributed by atoms with Gasteiger partial charge in [0.05, 0.1) is 18.8 Å². The smallest absolute Gasteiger partial charge is 0.315 e. The van der Waals surface area contributed by atoms with Crippen molar-refractivity contribution in [2.24, 2.45) is 0 Å². The van der Waals surface area contributed by atoms with Gasteiger partial charge in [-0.2, -0.15) is 0 Å². The molecule has 0 heterocycles. The number of hydrogen-bond donors (Lipinski definition) is 4. The van der Waals surface area contributed by atoms with Gasteiger partial charge in [0.15, 0.2) is 0 Å². The highest BCUT2D eigenvalue weighted by atomic mass is 16.3. The summed E-state index contributed by atoms with van der Waals surface area (Å²) in [7, 11) is 0. The van der Waals surface area contributed by atoms with Gasteiger partial charge in [0.1, 0.15) is 0 Å². The van der Waals surface area contributed by atoms with Gasteiger partial charge in [0.2, 0.25) is 0 Å². The SMILES string of the molecule is CCNC(=O)NC(C)(CO)CO. The molecule has 72 valence electrons. The second-order valence-corrected chi connectivity index (χ2v) is 2.86. The van der Waals surface area contributed by atoms with Gasteiger partial charge >= 0.3 is 6.03 Å². The van der Waals surface area contributed by atoms with E-state index in [1.807, 2.05) is 0 Å². The Kier molecular flexibility index (Phi) is 4.61. The van der Waals surface area contributed by atoms with E-state index in [4.69, 9.17) is 10.2 Å². The van der Waals surface area contributed by atoms with E-state index in [-0.39, 0.29) is 19.2 Å². The predicted molar refractivity (Wildman–Crippen MR) is 44.8 cm³/mol. The molecule has 12 heavy (non-hydrogen) atoms. The van der Waals surface area contributed by atoms with Gasteiger partial charge in [-0.25, -0.2) is 4.79 Å². The third kappa shape index (κ3) is 3.54. The van der Waals surface area contributed by atoms with Crippen molar-refractivity contribution >= 4 is 6.03 Å². The second-order valence-electron chi connectivity index (χ2n) is 2.86. The van der Waals surface area contributed by atoms with Crippen molar-refractivity contribution in [2.45, 2.75) is 19.4 Å². The van der Waals surface area contributed by atoms with Gasteiger partial charge in [-0.3, -0.25) is 0 Å². The Balaban J connectivity index is 3.93. The zero-order valence-electron chi connectivity index (χ0n) is 7.42. The summed E-state index contributed by atoms with van der Waals surface area (Å²) in [6, 6.07) is -0.386. The molecular formula is C7H16N2O3. The minimum atomic E-state index is -0.945. The number of nitrogens with one attached hydrogen (secondary N) is 2. The lowest BCUT2D eigenvalue weighted by Crippen LogP contribution is -2.54. The van der Waals surface area contributed by atoms with Crippen LogP contribution < -0.4 is 10.6 Å². The molecule has 0 spiro atoms. The van der Waals surface area contributed by atoms with Crippen LogP contribution in [0.5, 0.6) is 0 Å². The molecule has 0 fully saturated rings. The van der Waals surface area contributed by atoms with E-state index < -0.39 is 5.54 Å². The molecule has 2 amide bonds. The molecular weight excluding hydrogens is 160 g/mol. The summed E-state index contributed by atoms with van der Waals surface area (Å²) in [5.41, 5.74) is -0.945. The molecule has 0 atom stereocenters. The summed E-state index contributed by atoms with van der Waals surface area (Å²) in [6.45, 7) is 3.27. The van der Waals surface area contributed by atoms with Gasteiger partial charge in [-0.15, -0.1) is 0 Å². The molecule has 0 aliphatic heterocycles. The summed E-state index contributed by atoms with van der Waals surface area (Å²) in [5, 5.41) is 22.5. The molecule has 0 aromatic carbocycles. The summed E-state index contributed by atoms with van der Waals surface area (Å²) in [6.07, 6.45) is 0. The van der Waals surface area contributed by atoms with Crippen LogP contribution in [0.3, 0.4) is 0 Å². The molecule has 0 bridgehead atoms. The first kappa shape index (κ1) is 11.2. The topological polar surface area (TPSA) is 81.6 Å². The van der Waals surface area contributed by atoms with Crippen LogP contribution in [-0.4, -0.2) is 41.5 Å². The molecule has 0 rings (SSSR count). The van der Waals surface area contributed by atoms with Crippen LogP contribution >= 0.6 is 0 Å². The van der Waals surface area contributed by atoms with Crippen LogP contribution in [0.4, 0.5) is 4.79 Å². The van der Waals surface area contributed by atoms with Crippen molar-refractivity contribution in [1.82, 2.24) is 10.6 Å². The monoisotopic (exact) mass is 176 g/mol. The van der Waals surface area contributed by atoms with Crippen molar-refractivity contribution in [3.8, 4) is 0 Å². The molecule has 0 unspecified atom stereocenters. The number of urea groups is 1. The Morgan fingerprint density at radius 2 is 1.92 bits per heavy atom. The molecule has 0 aromatic heterocycles. The van der Waals surface area contributed by atoms with Gasteiger partial charge in [0, 0.05) is 6.54 Å². The molecule has 0 radical (unpaired) electrons. The zero-order valence-corrected chi connectivity index (χ0v) is 7.42. The first-order valence-corrected chi connectivity index (χ1v) is 3.85. The van der Waals surface area contributed by atoms with Gasteiger partial charge in [-0.05, 0) is 13.8 Å². The molecule has 0 saturated heterocycles. The fourth-order valence-corrected chi connectivity index (χ4v) is 0.608. The van der Waals surface area contributed by atoms with Gasteiger partial charge in [0.25, 0.3) is 0 Å². The second kappa shape index (κ2) is 4.95. The van der Waals surface area contributed by atoms with Crippen molar-refractivity contribution in [2.75, 3.05) is 19.8 Å². The average molecular weight is 176 g/mol. The van der Waals surface area contributed by atoms with E-state index in [1.54, 1.807) is 13.8 Å². The maximum Gasteiger partial charge on any atom is 0.315 e. The van der Waals surface area contributed by atoms with Crippen molar-refractivity contribution in [3.05, 3.63) is 0 Å². The van der Waals surface area contributed by atoms with Gasteiger partial charge in [-0.1, -0.05) is 0 Å². The van der Waals surface area contributed by atoms with E-state index in [0.29, 0.717) is 6.54 Å². The van der Waals surface area contributed by atoms with E-state index in [1.165, 1.54) is 0 Å². The number of aliphatic hydroxyl groups is 2. The standard InChI is InChI=1S/C7H16N2O3/c1-3-8-6(12)9-7(2,4-10)5-11/h10-11H,3-5H2,1-2H3,(H2,8,9,12). The Hall–Kier alpha value is -0.810. The lowest BCUT2D eigenvalue weighted by molar-refractivity contribution is 0.109. The summed E-state index contributed by atoms with van der Waals surface area (Å²) in [4.78, 5) is 10.9. The van der Waals surface area contributed by atoms with Crippen LogP contribution in [-0.2, 0) is 0 Å². The molecule has 5 heteroatoms. The summed E-state index contributed by atoms with van der Waals surface area (Å²) >= 11 is 0. The maximum atomic E-state index is 10.9. The van der Waals surface area contributed by atoms with E-state index >= 15 is 0 Å². The van der Waals surface area contributed by atoms with Crippen molar-refractivity contribution in [1.29, 1.82) is 0 Å². The van der Waals surface area contributed by atoms with Crippen molar-refractivity contribution in [3.63, 3.8) is 0 Å². The molecule has 0 aliphatic carbocycles. The predicted octanol–water partition coefficient (Wildman–Crippen LogP) is -0.951. The number of carbonyl (C=O) groups excluding carboxylic acids is 1. The Bertz CT molecular complexity index is 146. The first-order chi connectivity index (χ1) is 5.58. The lowest BCUT2D eigenvalue weighted by Gasteiger charge is -2.25. The van der Waals surface area contributed by atoms with E-state index in [9.17, 15) is 4.79 Å². The highest BCUT2D eigenvalue weighted by Gasteiger charge is 2.23. The number of rotatable bonds is 4. The van der Waals surface area contributed by atoms with Crippen LogP contribution in [0.1, 0.15) is 13.8 Å². The number of aliphatic hydroxyl groups excluding tert-OH is 2. The summed E-state index contributed by atoms with van der Waals surface area (Å²) < 4.78 is 0. The zero-order chi connectivity index (χ0) is 9.61. The minimum absolute atomic E-state index is 0.291. The Morgan fingerprint density at radius 1 is 1.42 bits per heavy atom. The number of carbonyl (C=O) groups is 1. The lowest BCUT2D eigenvalue weighted by atomic mass is 10.1.